The molecule has 0 saturated carbocycles. The fourth-order valence-corrected chi connectivity index (χ4v) is 3.66. The summed E-state index contributed by atoms with van der Waals surface area (Å²) < 4.78 is 11.2. The highest BCUT2D eigenvalue weighted by Gasteiger charge is 2.20. The summed E-state index contributed by atoms with van der Waals surface area (Å²) in [5.41, 5.74) is 2.36. The highest BCUT2D eigenvalue weighted by molar-refractivity contribution is 5.80. The second kappa shape index (κ2) is 12.1. The zero-order valence-electron chi connectivity index (χ0n) is 18.1. The van der Waals surface area contributed by atoms with Crippen molar-refractivity contribution >= 4 is 11.6 Å². The van der Waals surface area contributed by atoms with Crippen molar-refractivity contribution in [3.8, 4) is 5.75 Å². The molecule has 6 heteroatoms. The van der Waals surface area contributed by atoms with E-state index in [-0.39, 0.29) is 0 Å². The maximum Gasteiger partial charge on any atom is 0.191 e. The maximum absolute atomic E-state index is 5.79. The summed E-state index contributed by atoms with van der Waals surface area (Å²) in [6, 6.07) is 19.0. The number of para-hydroxylation sites is 2. The Kier molecular flexibility index (Phi) is 8.84. The van der Waals surface area contributed by atoms with E-state index in [1.54, 1.807) is 7.11 Å². The van der Waals surface area contributed by atoms with Crippen molar-refractivity contribution in [2.75, 3.05) is 44.8 Å². The van der Waals surface area contributed by atoms with Crippen molar-refractivity contribution in [2.24, 2.45) is 4.99 Å². The number of rotatable bonds is 9. The van der Waals surface area contributed by atoms with E-state index in [0.29, 0.717) is 25.8 Å². The monoisotopic (exact) mass is 410 g/mol. The predicted octanol–water partition coefficient (Wildman–Crippen LogP) is 3.44. The first-order valence-corrected chi connectivity index (χ1v) is 10.8. The first-order chi connectivity index (χ1) is 14.8. The van der Waals surface area contributed by atoms with Crippen LogP contribution in [-0.4, -0.2) is 51.9 Å². The molecule has 0 bridgehead atoms. The van der Waals surface area contributed by atoms with Gasteiger partial charge in [0.05, 0.1) is 26.9 Å². The van der Waals surface area contributed by atoms with Crippen LogP contribution in [-0.2, 0) is 11.3 Å². The van der Waals surface area contributed by atoms with E-state index in [9.17, 15) is 0 Å². The lowest BCUT2D eigenvalue weighted by atomic mass is 10.0. The zero-order valence-corrected chi connectivity index (χ0v) is 18.1. The smallest absolute Gasteiger partial charge is 0.191 e. The van der Waals surface area contributed by atoms with Crippen LogP contribution in [0.2, 0.25) is 0 Å². The number of hydrogen-bond acceptors (Lipinski definition) is 4. The van der Waals surface area contributed by atoms with Crippen molar-refractivity contribution in [3.05, 3.63) is 60.2 Å². The second-order valence-electron chi connectivity index (χ2n) is 7.37. The van der Waals surface area contributed by atoms with Crippen molar-refractivity contribution in [1.29, 1.82) is 0 Å². The van der Waals surface area contributed by atoms with Gasteiger partial charge in [0.25, 0.3) is 0 Å². The first-order valence-electron chi connectivity index (χ1n) is 10.8. The minimum Gasteiger partial charge on any atom is -0.496 e. The number of anilines is 1. The largest absolute Gasteiger partial charge is 0.496 e. The highest BCUT2D eigenvalue weighted by Crippen LogP contribution is 2.19. The summed E-state index contributed by atoms with van der Waals surface area (Å²) in [6.45, 7) is 6.77. The van der Waals surface area contributed by atoms with Gasteiger partial charge in [-0.3, -0.25) is 4.99 Å². The Hall–Kier alpha value is -2.73. The van der Waals surface area contributed by atoms with Gasteiger partial charge in [-0.25, -0.2) is 0 Å². The molecule has 0 radical (unpaired) electrons. The molecule has 0 aromatic heterocycles. The van der Waals surface area contributed by atoms with Gasteiger partial charge in [-0.1, -0.05) is 36.4 Å². The van der Waals surface area contributed by atoms with Gasteiger partial charge in [-0.05, 0) is 38.0 Å². The fourth-order valence-electron chi connectivity index (χ4n) is 3.66. The molecule has 0 atom stereocenters. The van der Waals surface area contributed by atoms with Gasteiger partial charge in [0.15, 0.2) is 5.96 Å². The molecule has 0 aliphatic carbocycles. The average Bonchev–Trinajstić information content (AvgIpc) is 2.80. The van der Waals surface area contributed by atoms with Crippen LogP contribution in [0.15, 0.2) is 59.6 Å². The number of nitrogens with zero attached hydrogens (tertiary/aromatic N) is 2. The molecular weight excluding hydrogens is 376 g/mol. The van der Waals surface area contributed by atoms with Crippen LogP contribution in [0.5, 0.6) is 5.75 Å². The standard InChI is InChI=1S/C24H34N4O2/c1-3-25-24(26-15-18-30-19-20-9-7-8-12-23(20)29-2)27-21-13-16-28(17-14-21)22-10-5-4-6-11-22/h4-12,21H,3,13-19H2,1-2H3,(H2,25,26,27). The highest BCUT2D eigenvalue weighted by atomic mass is 16.5. The van der Waals surface area contributed by atoms with Gasteiger partial charge in [-0.2, -0.15) is 0 Å². The van der Waals surface area contributed by atoms with Gasteiger partial charge >= 0.3 is 0 Å². The van der Waals surface area contributed by atoms with Crippen LogP contribution in [0.25, 0.3) is 0 Å². The topological polar surface area (TPSA) is 58.1 Å². The lowest BCUT2D eigenvalue weighted by Crippen LogP contribution is -2.48. The van der Waals surface area contributed by atoms with E-state index in [4.69, 9.17) is 9.47 Å². The van der Waals surface area contributed by atoms with Crippen molar-refractivity contribution in [3.63, 3.8) is 0 Å². The number of aliphatic imine (C=N–C) groups is 1. The van der Waals surface area contributed by atoms with Crippen molar-refractivity contribution in [2.45, 2.75) is 32.4 Å². The summed E-state index contributed by atoms with van der Waals surface area (Å²) in [6.07, 6.45) is 2.20. The lowest BCUT2D eigenvalue weighted by Gasteiger charge is -2.34. The molecule has 1 saturated heterocycles. The summed E-state index contributed by atoms with van der Waals surface area (Å²) in [4.78, 5) is 7.14. The number of hydrogen-bond donors (Lipinski definition) is 2. The Morgan fingerprint density at radius 2 is 1.80 bits per heavy atom. The molecule has 0 unspecified atom stereocenters. The van der Waals surface area contributed by atoms with Gasteiger partial charge < -0.3 is 25.0 Å². The van der Waals surface area contributed by atoms with Crippen LogP contribution >= 0.6 is 0 Å². The normalized spacial score (nSPS) is 15.1. The molecule has 1 heterocycles. The molecule has 1 aliphatic rings. The third kappa shape index (κ3) is 6.66. The SMILES string of the molecule is CCNC(=NCCOCc1ccccc1OC)NC1CCN(c2ccccc2)CC1. The minimum atomic E-state index is 0.442. The van der Waals surface area contributed by atoms with E-state index in [0.717, 1.165) is 49.7 Å². The molecule has 162 valence electrons. The van der Waals surface area contributed by atoms with Gasteiger partial charge in [0.1, 0.15) is 5.75 Å². The zero-order chi connectivity index (χ0) is 21.0. The molecule has 1 aliphatic heterocycles. The van der Waals surface area contributed by atoms with Crippen LogP contribution < -0.4 is 20.3 Å². The van der Waals surface area contributed by atoms with Gasteiger partial charge in [0, 0.05) is 36.9 Å². The summed E-state index contributed by atoms with van der Waals surface area (Å²) >= 11 is 0. The Labute approximate surface area is 180 Å². The Morgan fingerprint density at radius 1 is 1.07 bits per heavy atom. The number of ether oxygens (including phenoxy) is 2. The fraction of sp³-hybridized carbons (Fsp3) is 0.458. The van der Waals surface area contributed by atoms with E-state index in [1.807, 2.05) is 24.3 Å². The van der Waals surface area contributed by atoms with Gasteiger partial charge in [-0.15, -0.1) is 0 Å². The first kappa shape index (κ1) is 22.0. The molecule has 0 spiro atoms. The number of piperidine rings is 1. The predicted molar refractivity (Wildman–Crippen MR) is 123 cm³/mol. The van der Waals surface area contributed by atoms with Crippen LogP contribution in [0.1, 0.15) is 25.3 Å². The minimum absolute atomic E-state index is 0.442. The second-order valence-corrected chi connectivity index (χ2v) is 7.37. The summed E-state index contributed by atoms with van der Waals surface area (Å²) in [5, 5.41) is 6.94. The molecule has 2 aromatic carbocycles. The molecule has 2 aromatic rings. The summed E-state index contributed by atoms with van der Waals surface area (Å²) in [5.74, 6) is 1.73. The van der Waals surface area contributed by atoms with E-state index in [1.165, 1.54) is 5.69 Å². The Bertz CT molecular complexity index is 774. The maximum atomic E-state index is 5.79. The Morgan fingerprint density at radius 3 is 2.53 bits per heavy atom. The number of benzene rings is 2. The summed E-state index contributed by atoms with van der Waals surface area (Å²) in [7, 11) is 1.68. The van der Waals surface area contributed by atoms with Crippen LogP contribution in [0, 0.1) is 0 Å². The number of guanidine groups is 1. The van der Waals surface area contributed by atoms with Crippen LogP contribution in [0.3, 0.4) is 0 Å². The molecule has 6 nitrogen and oxygen atoms in total. The molecule has 3 rings (SSSR count). The third-order valence-electron chi connectivity index (χ3n) is 5.26. The van der Waals surface area contributed by atoms with Gasteiger partial charge in [0.2, 0.25) is 0 Å². The molecule has 30 heavy (non-hydrogen) atoms. The van der Waals surface area contributed by atoms with Crippen molar-refractivity contribution in [1.82, 2.24) is 10.6 Å². The average molecular weight is 411 g/mol. The third-order valence-corrected chi connectivity index (χ3v) is 5.26. The van der Waals surface area contributed by atoms with Crippen molar-refractivity contribution < 1.29 is 9.47 Å². The van der Waals surface area contributed by atoms with Crippen LogP contribution in [0.4, 0.5) is 5.69 Å². The molecule has 1 fully saturated rings. The molecule has 2 N–H and O–H groups in total. The number of methoxy groups -OCH3 is 1. The van der Waals surface area contributed by atoms with E-state index in [2.05, 4.69) is 57.8 Å². The molecular formula is C24H34N4O2. The molecule has 0 amide bonds. The lowest BCUT2D eigenvalue weighted by molar-refractivity contribution is 0.126. The van der Waals surface area contributed by atoms with E-state index >= 15 is 0 Å². The number of nitrogens with one attached hydrogen (secondary N) is 2. The Balaban J connectivity index is 1.41. The van der Waals surface area contributed by atoms with E-state index < -0.39 is 0 Å². The quantitative estimate of drug-likeness (QED) is 0.377.